The first-order valence-corrected chi connectivity index (χ1v) is 7.02. The molecule has 2 heterocycles. The fraction of sp³-hybridized carbons (Fsp3) is 0.267. The molecule has 0 spiro atoms. The highest BCUT2D eigenvalue weighted by atomic mass is 16.4. The first-order valence-electron chi connectivity index (χ1n) is 7.02. The van der Waals surface area contributed by atoms with Gasteiger partial charge >= 0.3 is 0 Å². The summed E-state index contributed by atoms with van der Waals surface area (Å²) in [4.78, 5) is 0. The van der Waals surface area contributed by atoms with Crippen molar-refractivity contribution in [3.8, 4) is 5.69 Å². The summed E-state index contributed by atoms with van der Waals surface area (Å²) >= 11 is 0. The van der Waals surface area contributed by atoms with Crippen molar-refractivity contribution in [3.63, 3.8) is 0 Å². The summed E-state index contributed by atoms with van der Waals surface area (Å²) in [5.74, 6) is 0.564. The maximum Gasteiger partial charge on any atom is 0.143 e. The lowest BCUT2D eigenvalue weighted by Gasteiger charge is -2.16. The van der Waals surface area contributed by atoms with Gasteiger partial charge in [0.05, 0.1) is 12.0 Å². The minimum absolute atomic E-state index is 0.104. The molecule has 2 unspecified atom stereocenters. The quantitative estimate of drug-likeness (QED) is 0.719. The summed E-state index contributed by atoms with van der Waals surface area (Å²) in [6.07, 6.45) is 2.45. The molecule has 0 aliphatic carbocycles. The van der Waals surface area contributed by atoms with Crippen LogP contribution in [0.5, 0.6) is 0 Å². The van der Waals surface area contributed by atoms with Gasteiger partial charge in [-0.05, 0) is 47.2 Å². The Morgan fingerprint density at radius 3 is 2.73 bits per heavy atom. The van der Waals surface area contributed by atoms with Crippen molar-refractivity contribution in [2.75, 3.05) is 6.54 Å². The molecule has 2 N–H and O–H groups in total. The van der Waals surface area contributed by atoms with Crippen molar-refractivity contribution in [3.05, 3.63) is 60.3 Å². The van der Waals surface area contributed by atoms with Gasteiger partial charge in [0.15, 0.2) is 0 Å². The fourth-order valence-electron chi connectivity index (χ4n) is 2.18. The van der Waals surface area contributed by atoms with Gasteiger partial charge in [-0.15, -0.1) is 5.10 Å². The van der Waals surface area contributed by atoms with Crippen LogP contribution in [0.15, 0.2) is 53.4 Å². The van der Waals surface area contributed by atoms with E-state index in [4.69, 9.17) is 4.42 Å². The van der Waals surface area contributed by atoms with E-state index in [1.54, 1.807) is 29.4 Å². The molecule has 0 radical (unpaired) electrons. The lowest BCUT2D eigenvalue weighted by atomic mass is 10.1. The molecule has 22 heavy (non-hydrogen) atoms. The molecule has 0 bridgehead atoms. The van der Waals surface area contributed by atoms with Gasteiger partial charge in [-0.2, -0.15) is 0 Å². The number of tetrazole rings is 1. The van der Waals surface area contributed by atoms with Gasteiger partial charge in [0.2, 0.25) is 0 Å². The number of aromatic nitrogens is 4. The topological polar surface area (TPSA) is 89.0 Å². The van der Waals surface area contributed by atoms with Gasteiger partial charge in [0.25, 0.3) is 0 Å². The number of nitrogens with one attached hydrogen (secondary N) is 1. The van der Waals surface area contributed by atoms with E-state index >= 15 is 0 Å². The van der Waals surface area contributed by atoms with Crippen LogP contribution in [0.2, 0.25) is 0 Å². The molecule has 7 nitrogen and oxygen atoms in total. The van der Waals surface area contributed by atoms with E-state index in [0.29, 0.717) is 12.3 Å². The van der Waals surface area contributed by atoms with Gasteiger partial charge in [0, 0.05) is 12.6 Å². The van der Waals surface area contributed by atoms with Gasteiger partial charge < -0.3 is 14.8 Å². The zero-order valence-electron chi connectivity index (χ0n) is 12.1. The molecule has 3 rings (SSSR count). The Bertz CT molecular complexity index is 679. The molecular weight excluding hydrogens is 282 g/mol. The molecule has 3 aromatic rings. The Labute approximate surface area is 127 Å². The fourth-order valence-corrected chi connectivity index (χ4v) is 2.18. The van der Waals surface area contributed by atoms with Crippen LogP contribution < -0.4 is 5.32 Å². The highest BCUT2D eigenvalue weighted by Gasteiger charge is 2.12. The predicted molar refractivity (Wildman–Crippen MR) is 79.2 cm³/mol. The molecular formula is C15H17N5O2. The summed E-state index contributed by atoms with van der Waals surface area (Å²) < 4.78 is 6.78. The molecule has 0 saturated heterocycles. The van der Waals surface area contributed by atoms with Crippen molar-refractivity contribution < 1.29 is 9.52 Å². The second kappa shape index (κ2) is 6.50. The molecule has 0 amide bonds. The molecule has 7 heteroatoms. The van der Waals surface area contributed by atoms with Gasteiger partial charge in [-0.1, -0.05) is 12.1 Å². The van der Waals surface area contributed by atoms with Gasteiger partial charge in [-0.3, -0.25) is 0 Å². The minimum Gasteiger partial charge on any atom is -0.467 e. The van der Waals surface area contributed by atoms with Crippen molar-refractivity contribution in [2.24, 2.45) is 0 Å². The highest BCUT2D eigenvalue weighted by molar-refractivity contribution is 5.34. The Balaban J connectivity index is 1.59. The molecule has 0 aliphatic heterocycles. The van der Waals surface area contributed by atoms with E-state index in [1.807, 2.05) is 31.2 Å². The monoisotopic (exact) mass is 299 g/mol. The summed E-state index contributed by atoms with van der Waals surface area (Å²) in [7, 11) is 0. The van der Waals surface area contributed by atoms with Crippen LogP contribution in [-0.2, 0) is 0 Å². The van der Waals surface area contributed by atoms with E-state index in [0.717, 1.165) is 11.3 Å². The maximum absolute atomic E-state index is 9.99. The largest absolute Gasteiger partial charge is 0.467 e. The van der Waals surface area contributed by atoms with E-state index in [-0.39, 0.29) is 6.04 Å². The zero-order valence-corrected chi connectivity index (χ0v) is 12.1. The number of furan rings is 1. The van der Waals surface area contributed by atoms with E-state index in [9.17, 15) is 5.11 Å². The Kier molecular flexibility index (Phi) is 4.27. The summed E-state index contributed by atoms with van der Waals surface area (Å²) in [6.45, 7) is 2.46. The summed E-state index contributed by atoms with van der Waals surface area (Å²) in [5.41, 5.74) is 2.01. The Hall–Kier alpha value is -2.51. The standard InChI is InChI=1S/C15H17N5O2/c1-11(16-9-14(21)15-3-2-8-22-15)12-4-6-13(7-5-12)20-10-17-18-19-20/h2-8,10-11,14,16,21H,9H2,1H3. The zero-order chi connectivity index (χ0) is 15.4. The van der Waals surface area contributed by atoms with Crippen LogP contribution in [0.3, 0.4) is 0 Å². The van der Waals surface area contributed by atoms with Crippen LogP contribution in [0.4, 0.5) is 0 Å². The third-order valence-electron chi connectivity index (χ3n) is 3.50. The first kappa shape index (κ1) is 14.4. The number of aliphatic hydroxyl groups is 1. The van der Waals surface area contributed by atoms with Gasteiger partial charge in [-0.25, -0.2) is 4.68 Å². The molecule has 0 saturated carbocycles. The number of aliphatic hydroxyl groups excluding tert-OH is 1. The minimum atomic E-state index is -0.655. The van der Waals surface area contributed by atoms with Crippen molar-refractivity contribution in [2.45, 2.75) is 19.1 Å². The second-order valence-corrected chi connectivity index (χ2v) is 5.01. The van der Waals surface area contributed by atoms with Crippen molar-refractivity contribution in [1.82, 2.24) is 25.5 Å². The predicted octanol–water partition coefficient (Wildman–Crippen LogP) is 1.64. The molecule has 0 aliphatic rings. The highest BCUT2D eigenvalue weighted by Crippen LogP contribution is 2.17. The van der Waals surface area contributed by atoms with E-state index in [2.05, 4.69) is 20.8 Å². The number of nitrogens with zero attached hydrogens (tertiary/aromatic N) is 4. The third kappa shape index (κ3) is 3.21. The molecule has 114 valence electrons. The van der Waals surface area contributed by atoms with E-state index < -0.39 is 6.10 Å². The molecule has 2 atom stereocenters. The number of benzene rings is 1. The number of rotatable bonds is 6. The Morgan fingerprint density at radius 1 is 1.27 bits per heavy atom. The molecule has 1 aromatic carbocycles. The van der Waals surface area contributed by atoms with Crippen molar-refractivity contribution >= 4 is 0 Å². The average molecular weight is 299 g/mol. The average Bonchev–Trinajstić information content (AvgIpc) is 3.25. The lowest BCUT2D eigenvalue weighted by Crippen LogP contribution is -2.24. The normalized spacial score (nSPS) is 13.9. The van der Waals surface area contributed by atoms with Crippen molar-refractivity contribution in [1.29, 1.82) is 0 Å². The maximum atomic E-state index is 9.99. The van der Waals surface area contributed by atoms with E-state index in [1.165, 1.54) is 0 Å². The molecule has 2 aromatic heterocycles. The first-order chi connectivity index (χ1) is 10.7. The molecule has 0 fully saturated rings. The van der Waals surface area contributed by atoms with Crippen LogP contribution in [0.25, 0.3) is 5.69 Å². The summed E-state index contributed by atoms with van der Waals surface area (Å²) in [5, 5.41) is 24.3. The summed E-state index contributed by atoms with van der Waals surface area (Å²) in [6, 6.07) is 11.5. The second-order valence-electron chi connectivity index (χ2n) is 5.01. The Morgan fingerprint density at radius 2 is 2.09 bits per heavy atom. The van der Waals surface area contributed by atoms with Crippen LogP contribution >= 0.6 is 0 Å². The smallest absolute Gasteiger partial charge is 0.143 e. The third-order valence-corrected chi connectivity index (χ3v) is 3.50. The van der Waals surface area contributed by atoms with Crippen LogP contribution in [0, 0.1) is 0 Å². The SMILES string of the molecule is CC(NCC(O)c1ccco1)c1ccc(-n2cnnn2)cc1. The number of hydrogen-bond acceptors (Lipinski definition) is 6. The van der Waals surface area contributed by atoms with Crippen LogP contribution in [-0.4, -0.2) is 31.9 Å². The van der Waals surface area contributed by atoms with Gasteiger partial charge in [0.1, 0.15) is 18.2 Å². The number of hydrogen-bond donors (Lipinski definition) is 2. The lowest BCUT2D eigenvalue weighted by molar-refractivity contribution is 0.144. The van der Waals surface area contributed by atoms with Crippen LogP contribution in [0.1, 0.15) is 30.4 Å².